The van der Waals surface area contributed by atoms with E-state index in [4.69, 9.17) is 9.47 Å². The van der Waals surface area contributed by atoms with Gasteiger partial charge in [0.25, 0.3) is 0 Å². The largest absolute Gasteiger partial charge is 0.486 e. The van der Waals surface area contributed by atoms with Crippen molar-refractivity contribution >= 4 is 44.9 Å². The van der Waals surface area contributed by atoms with Crippen LogP contribution in [0.2, 0.25) is 0 Å². The van der Waals surface area contributed by atoms with E-state index in [1.165, 1.54) is 11.8 Å². The van der Waals surface area contributed by atoms with Crippen LogP contribution in [0.5, 0.6) is 11.5 Å². The van der Waals surface area contributed by atoms with E-state index in [1.54, 1.807) is 17.4 Å². The summed E-state index contributed by atoms with van der Waals surface area (Å²) in [5.41, 5.74) is 1.67. The van der Waals surface area contributed by atoms with Gasteiger partial charge in [-0.15, -0.1) is 11.3 Å². The summed E-state index contributed by atoms with van der Waals surface area (Å²) < 4.78 is 13.1. The van der Waals surface area contributed by atoms with Crippen molar-refractivity contribution in [3.8, 4) is 11.5 Å². The van der Waals surface area contributed by atoms with Gasteiger partial charge in [0.15, 0.2) is 15.8 Å². The first kappa shape index (κ1) is 16.2. The van der Waals surface area contributed by atoms with Gasteiger partial charge < -0.3 is 14.8 Å². The average Bonchev–Trinajstić information content (AvgIpc) is 3.03. The molecule has 1 N–H and O–H groups in total. The van der Waals surface area contributed by atoms with E-state index in [2.05, 4.69) is 10.3 Å². The Labute approximate surface area is 153 Å². The molecule has 1 aliphatic rings. The standard InChI is InChI=1S/C18H16N2O3S2/c1-11(24-18-20-13-4-2-3-5-16(13)25-18)17(21)19-12-6-7-14-15(10-12)23-9-8-22-14/h2-7,10-11H,8-9H2,1H3,(H,19,21)/t11-/m0/s1. The van der Waals surface area contributed by atoms with Crippen molar-refractivity contribution in [2.24, 2.45) is 0 Å². The van der Waals surface area contributed by atoms with Gasteiger partial charge >= 0.3 is 0 Å². The Morgan fingerprint density at radius 3 is 2.84 bits per heavy atom. The molecule has 1 aliphatic heterocycles. The van der Waals surface area contributed by atoms with E-state index < -0.39 is 0 Å². The first-order chi connectivity index (χ1) is 12.2. The molecule has 1 atom stereocenters. The maximum Gasteiger partial charge on any atom is 0.237 e. The van der Waals surface area contributed by atoms with Crippen LogP contribution in [-0.4, -0.2) is 29.4 Å². The number of amides is 1. The smallest absolute Gasteiger partial charge is 0.237 e. The van der Waals surface area contributed by atoms with Gasteiger partial charge in [0, 0.05) is 11.8 Å². The van der Waals surface area contributed by atoms with Gasteiger partial charge in [-0.05, 0) is 31.2 Å². The third-order valence-electron chi connectivity index (χ3n) is 3.73. The molecule has 0 spiro atoms. The third kappa shape index (κ3) is 3.57. The van der Waals surface area contributed by atoms with Crippen molar-refractivity contribution in [1.82, 2.24) is 4.98 Å². The van der Waals surface area contributed by atoms with Crippen LogP contribution in [0.4, 0.5) is 5.69 Å². The van der Waals surface area contributed by atoms with Crippen molar-refractivity contribution in [3.63, 3.8) is 0 Å². The SMILES string of the molecule is C[C@H](Sc1nc2ccccc2s1)C(=O)Nc1ccc2c(c1)OCCO2. The van der Waals surface area contributed by atoms with Crippen molar-refractivity contribution in [2.75, 3.05) is 18.5 Å². The minimum atomic E-state index is -0.256. The molecular formula is C18H16N2O3S2. The number of nitrogens with one attached hydrogen (secondary N) is 1. The number of carbonyl (C=O) groups is 1. The summed E-state index contributed by atoms with van der Waals surface area (Å²) in [4.78, 5) is 17.0. The fourth-order valence-electron chi connectivity index (χ4n) is 2.47. The van der Waals surface area contributed by atoms with Gasteiger partial charge in [0.1, 0.15) is 13.2 Å². The minimum Gasteiger partial charge on any atom is -0.486 e. The highest BCUT2D eigenvalue weighted by Gasteiger charge is 2.18. The molecule has 0 saturated heterocycles. The molecular weight excluding hydrogens is 356 g/mol. The van der Waals surface area contributed by atoms with Gasteiger partial charge in [-0.2, -0.15) is 0 Å². The second-order valence-electron chi connectivity index (χ2n) is 5.56. The number of rotatable bonds is 4. The van der Waals surface area contributed by atoms with E-state index in [-0.39, 0.29) is 11.2 Å². The number of thioether (sulfide) groups is 1. The second kappa shape index (κ2) is 6.93. The molecule has 0 radical (unpaired) electrons. The van der Waals surface area contributed by atoms with Crippen molar-refractivity contribution in [1.29, 1.82) is 0 Å². The lowest BCUT2D eigenvalue weighted by Gasteiger charge is -2.19. The van der Waals surface area contributed by atoms with Gasteiger partial charge in [0.2, 0.25) is 5.91 Å². The number of carbonyl (C=O) groups excluding carboxylic acids is 1. The zero-order valence-electron chi connectivity index (χ0n) is 13.5. The van der Waals surface area contributed by atoms with Crippen LogP contribution >= 0.6 is 23.1 Å². The van der Waals surface area contributed by atoms with E-state index in [1.807, 2.05) is 43.3 Å². The Balaban J connectivity index is 1.43. The Morgan fingerprint density at radius 2 is 2.00 bits per heavy atom. The summed E-state index contributed by atoms with van der Waals surface area (Å²) in [6.07, 6.45) is 0. The van der Waals surface area contributed by atoms with Crippen molar-refractivity contribution in [3.05, 3.63) is 42.5 Å². The molecule has 0 aliphatic carbocycles. The minimum absolute atomic E-state index is 0.0686. The third-order valence-corrected chi connectivity index (χ3v) is 5.96. The monoisotopic (exact) mass is 372 g/mol. The molecule has 2 heterocycles. The number of anilines is 1. The Bertz CT molecular complexity index is 893. The van der Waals surface area contributed by atoms with Crippen LogP contribution < -0.4 is 14.8 Å². The lowest BCUT2D eigenvalue weighted by molar-refractivity contribution is -0.115. The zero-order valence-corrected chi connectivity index (χ0v) is 15.2. The van der Waals surface area contributed by atoms with E-state index in [0.29, 0.717) is 30.4 Å². The number of fused-ring (bicyclic) bond motifs is 2. The number of para-hydroxylation sites is 1. The highest BCUT2D eigenvalue weighted by atomic mass is 32.2. The molecule has 5 nitrogen and oxygen atoms in total. The van der Waals surface area contributed by atoms with Gasteiger partial charge in [0.05, 0.1) is 15.5 Å². The molecule has 128 valence electrons. The average molecular weight is 372 g/mol. The summed E-state index contributed by atoms with van der Waals surface area (Å²) >= 11 is 3.07. The van der Waals surface area contributed by atoms with Crippen LogP contribution in [-0.2, 0) is 4.79 Å². The second-order valence-corrected chi connectivity index (χ2v) is 8.17. The zero-order chi connectivity index (χ0) is 17.2. The predicted octanol–water partition coefficient (Wildman–Crippen LogP) is 4.19. The Morgan fingerprint density at radius 1 is 1.20 bits per heavy atom. The van der Waals surface area contributed by atoms with Crippen molar-refractivity contribution in [2.45, 2.75) is 16.5 Å². The number of benzene rings is 2. The quantitative estimate of drug-likeness (QED) is 0.696. The molecule has 0 unspecified atom stereocenters. The number of nitrogens with zero attached hydrogens (tertiary/aromatic N) is 1. The maximum atomic E-state index is 12.5. The highest BCUT2D eigenvalue weighted by Crippen LogP contribution is 2.34. The maximum absolute atomic E-state index is 12.5. The Hall–Kier alpha value is -2.25. The molecule has 0 saturated carbocycles. The fourth-order valence-corrected chi connectivity index (χ4v) is 4.68. The first-order valence-corrected chi connectivity index (χ1v) is 9.61. The number of hydrogen-bond acceptors (Lipinski definition) is 6. The van der Waals surface area contributed by atoms with Crippen LogP contribution in [0.15, 0.2) is 46.8 Å². The normalized spacial score (nSPS) is 14.3. The summed E-state index contributed by atoms with van der Waals surface area (Å²) in [5.74, 6) is 1.30. The molecule has 0 bridgehead atoms. The number of thiazole rings is 1. The predicted molar refractivity (Wildman–Crippen MR) is 101 cm³/mol. The van der Waals surface area contributed by atoms with Crippen LogP contribution in [0.3, 0.4) is 0 Å². The summed E-state index contributed by atoms with van der Waals surface area (Å²) in [6, 6.07) is 13.4. The summed E-state index contributed by atoms with van der Waals surface area (Å²) in [5, 5.41) is 2.67. The number of aromatic nitrogens is 1. The number of hydrogen-bond donors (Lipinski definition) is 1. The van der Waals surface area contributed by atoms with Gasteiger partial charge in [-0.1, -0.05) is 23.9 Å². The molecule has 2 aromatic carbocycles. The lowest BCUT2D eigenvalue weighted by atomic mass is 10.2. The van der Waals surface area contributed by atoms with E-state index in [0.717, 1.165) is 14.6 Å². The topological polar surface area (TPSA) is 60.5 Å². The van der Waals surface area contributed by atoms with E-state index >= 15 is 0 Å². The lowest BCUT2D eigenvalue weighted by Crippen LogP contribution is -2.22. The highest BCUT2D eigenvalue weighted by molar-refractivity contribution is 8.02. The molecule has 4 rings (SSSR count). The molecule has 1 amide bonds. The van der Waals surface area contributed by atoms with Crippen LogP contribution in [0, 0.1) is 0 Å². The molecule has 3 aromatic rings. The summed E-state index contributed by atoms with van der Waals surface area (Å²) in [6.45, 7) is 2.95. The van der Waals surface area contributed by atoms with Gasteiger partial charge in [-0.3, -0.25) is 4.79 Å². The van der Waals surface area contributed by atoms with Crippen LogP contribution in [0.1, 0.15) is 6.92 Å². The Kier molecular flexibility index (Phi) is 4.50. The molecule has 25 heavy (non-hydrogen) atoms. The molecule has 0 fully saturated rings. The van der Waals surface area contributed by atoms with E-state index in [9.17, 15) is 4.79 Å². The van der Waals surface area contributed by atoms with Gasteiger partial charge in [-0.25, -0.2) is 4.98 Å². The first-order valence-electron chi connectivity index (χ1n) is 7.92. The molecule has 1 aromatic heterocycles. The fraction of sp³-hybridized carbons (Fsp3) is 0.222. The number of ether oxygens (including phenoxy) is 2. The van der Waals surface area contributed by atoms with Crippen LogP contribution in [0.25, 0.3) is 10.2 Å². The van der Waals surface area contributed by atoms with Crippen molar-refractivity contribution < 1.29 is 14.3 Å². The molecule has 7 heteroatoms. The summed E-state index contributed by atoms with van der Waals surface area (Å²) in [7, 11) is 0.